The highest BCUT2D eigenvalue weighted by atomic mass is 32.1. The molecule has 0 spiro atoms. The van der Waals surface area contributed by atoms with Gasteiger partial charge in [-0.05, 0) is 32.1 Å². The van der Waals surface area contributed by atoms with E-state index >= 15 is 0 Å². The second-order valence-electron chi connectivity index (χ2n) is 4.22. The first-order valence-electron chi connectivity index (χ1n) is 5.93. The van der Waals surface area contributed by atoms with E-state index in [9.17, 15) is 0 Å². The summed E-state index contributed by atoms with van der Waals surface area (Å²) < 4.78 is 5.41. The number of ether oxygens (including phenoxy) is 1. The van der Waals surface area contributed by atoms with Crippen molar-refractivity contribution < 1.29 is 4.74 Å². The standard InChI is InChI=1S/C11H19N3OS/c1-3-10-13-14-11(16-10)12-8-5-4-6-9(7-8)15-2/h8-9H,3-7H2,1-2H3,(H,12,14). The van der Waals surface area contributed by atoms with Gasteiger partial charge in [-0.25, -0.2) is 0 Å². The second-order valence-corrected chi connectivity index (χ2v) is 5.28. The first-order chi connectivity index (χ1) is 7.81. The molecule has 2 unspecified atom stereocenters. The fourth-order valence-corrected chi connectivity index (χ4v) is 2.88. The Bertz CT molecular complexity index is 329. The summed E-state index contributed by atoms with van der Waals surface area (Å²) in [7, 11) is 1.80. The Kier molecular flexibility index (Phi) is 4.12. The molecule has 1 aliphatic carbocycles. The van der Waals surface area contributed by atoms with Crippen LogP contribution in [-0.2, 0) is 11.2 Å². The monoisotopic (exact) mass is 241 g/mol. The van der Waals surface area contributed by atoms with Crippen molar-refractivity contribution in [1.29, 1.82) is 0 Å². The van der Waals surface area contributed by atoms with Crippen molar-refractivity contribution in [1.82, 2.24) is 10.2 Å². The molecule has 0 amide bonds. The maximum Gasteiger partial charge on any atom is 0.205 e. The minimum atomic E-state index is 0.407. The SMILES string of the molecule is CCc1nnc(NC2CCCC(OC)C2)s1. The Morgan fingerprint density at radius 2 is 2.31 bits per heavy atom. The number of nitrogens with one attached hydrogen (secondary N) is 1. The van der Waals surface area contributed by atoms with Gasteiger partial charge in [-0.1, -0.05) is 18.3 Å². The van der Waals surface area contributed by atoms with Gasteiger partial charge in [0.25, 0.3) is 0 Å². The predicted octanol–water partition coefficient (Wildman–Crippen LogP) is 2.47. The summed E-state index contributed by atoms with van der Waals surface area (Å²) in [5, 5.41) is 13.8. The van der Waals surface area contributed by atoms with E-state index in [1.165, 1.54) is 19.3 Å². The molecule has 1 aromatic rings. The minimum absolute atomic E-state index is 0.407. The summed E-state index contributed by atoms with van der Waals surface area (Å²) in [5.74, 6) is 0. The molecule has 1 aromatic heterocycles. The van der Waals surface area contributed by atoms with Crippen molar-refractivity contribution in [2.75, 3.05) is 12.4 Å². The van der Waals surface area contributed by atoms with Gasteiger partial charge in [0.15, 0.2) is 0 Å². The van der Waals surface area contributed by atoms with Crippen molar-refractivity contribution in [3.63, 3.8) is 0 Å². The molecule has 1 heterocycles. The van der Waals surface area contributed by atoms with Gasteiger partial charge < -0.3 is 10.1 Å². The molecule has 1 N–H and O–H groups in total. The van der Waals surface area contributed by atoms with E-state index in [-0.39, 0.29) is 0 Å². The van der Waals surface area contributed by atoms with E-state index < -0.39 is 0 Å². The molecule has 4 nitrogen and oxygen atoms in total. The third kappa shape index (κ3) is 2.92. The number of hydrogen-bond acceptors (Lipinski definition) is 5. The van der Waals surface area contributed by atoms with Crippen LogP contribution in [0.3, 0.4) is 0 Å². The molecule has 16 heavy (non-hydrogen) atoms. The van der Waals surface area contributed by atoms with Gasteiger partial charge in [0, 0.05) is 13.2 Å². The van der Waals surface area contributed by atoms with Crippen LogP contribution in [-0.4, -0.2) is 29.5 Å². The topological polar surface area (TPSA) is 47.0 Å². The van der Waals surface area contributed by atoms with Crippen LogP contribution in [0, 0.1) is 0 Å². The lowest BCUT2D eigenvalue weighted by atomic mass is 9.93. The number of anilines is 1. The van der Waals surface area contributed by atoms with Crippen LogP contribution >= 0.6 is 11.3 Å². The fourth-order valence-electron chi connectivity index (χ4n) is 2.12. The van der Waals surface area contributed by atoms with Gasteiger partial charge >= 0.3 is 0 Å². The largest absolute Gasteiger partial charge is 0.381 e. The molecular formula is C11H19N3OS. The minimum Gasteiger partial charge on any atom is -0.381 e. The highest BCUT2D eigenvalue weighted by Gasteiger charge is 2.22. The Morgan fingerprint density at radius 3 is 3.00 bits per heavy atom. The fraction of sp³-hybridized carbons (Fsp3) is 0.818. The average Bonchev–Trinajstić information content (AvgIpc) is 2.77. The molecule has 2 rings (SSSR count). The molecule has 1 fully saturated rings. The van der Waals surface area contributed by atoms with E-state index in [1.807, 2.05) is 0 Å². The summed E-state index contributed by atoms with van der Waals surface area (Å²) in [4.78, 5) is 0. The van der Waals surface area contributed by atoms with E-state index in [0.717, 1.165) is 23.0 Å². The number of methoxy groups -OCH3 is 1. The Balaban J connectivity index is 1.88. The number of nitrogens with zero attached hydrogens (tertiary/aromatic N) is 2. The van der Waals surface area contributed by atoms with Gasteiger partial charge in [0.05, 0.1) is 6.10 Å². The van der Waals surface area contributed by atoms with Crippen LogP contribution in [0.15, 0.2) is 0 Å². The number of aryl methyl sites for hydroxylation is 1. The van der Waals surface area contributed by atoms with Crippen LogP contribution in [0.5, 0.6) is 0 Å². The third-order valence-corrected chi connectivity index (χ3v) is 4.06. The Hall–Kier alpha value is -0.680. The molecule has 90 valence electrons. The van der Waals surface area contributed by atoms with Gasteiger partial charge in [-0.3, -0.25) is 0 Å². The third-order valence-electron chi connectivity index (χ3n) is 3.06. The molecule has 0 bridgehead atoms. The number of hydrogen-bond donors (Lipinski definition) is 1. The van der Waals surface area contributed by atoms with Crippen molar-refractivity contribution in [3.05, 3.63) is 5.01 Å². The summed E-state index contributed by atoms with van der Waals surface area (Å²) >= 11 is 1.66. The number of rotatable bonds is 4. The van der Waals surface area contributed by atoms with E-state index in [1.54, 1.807) is 18.4 Å². The maximum atomic E-state index is 5.41. The maximum absolute atomic E-state index is 5.41. The van der Waals surface area contributed by atoms with Crippen LogP contribution < -0.4 is 5.32 Å². The molecular weight excluding hydrogens is 222 g/mol. The molecule has 1 saturated carbocycles. The predicted molar refractivity (Wildman–Crippen MR) is 66.0 cm³/mol. The molecule has 0 saturated heterocycles. The van der Waals surface area contributed by atoms with Crippen molar-refractivity contribution >= 4 is 16.5 Å². The summed E-state index contributed by atoms with van der Waals surface area (Å²) in [6, 6.07) is 0.497. The zero-order chi connectivity index (χ0) is 11.4. The Morgan fingerprint density at radius 1 is 1.44 bits per heavy atom. The molecule has 2 atom stereocenters. The quantitative estimate of drug-likeness (QED) is 0.879. The molecule has 1 aliphatic rings. The lowest BCUT2D eigenvalue weighted by molar-refractivity contribution is 0.0669. The van der Waals surface area contributed by atoms with E-state index in [2.05, 4.69) is 22.4 Å². The highest BCUT2D eigenvalue weighted by Crippen LogP contribution is 2.25. The zero-order valence-electron chi connectivity index (χ0n) is 9.90. The molecule has 5 heteroatoms. The second kappa shape index (κ2) is 5.59. The lowest BCUT2D eigenvalue weighted by Gasteiger charge is -2.28. The molecule has 0 radical (unpaired) electrons. The van der Waals surface area contributed by atoms with E-state index in [4.69, 9.17) is 4.74 Å². The highest BCUT2D eigenvalue weighted by molar-refractivity contribution is 7.15. The average molecular weight is 241 g/mol. The zero-order valence-corrected chi connectivity index (χ0v) is 10.7. The van der Waals surface area contributed by atoms with Crippen LogP contribution in [0.1, 0.15) is 37.6 Å². The number of aromatic nitrogens is 2. The van der Waals surface area contributed by atoms with Crippen LogP contribution in [0.2, 0.25) is 0 Å². The van der Waals surface area contributed by atoms with Crippen molar-refractivity contribution in [2.45, 2.75) is 51.2 Å². The van der Waals surface area contributed by atoms with Gasteiger partial charge in [0.2, 0.25) is 5.13 Å². The summed E-state index contributed by atoms with van der Waals surface area (Å²) in [6.45, 7) is 2.10. The first-order valence-corrected chi connectivity index (χ1v) is 6.75. The summed E-state index contributed by atoms with van der Waals surface area (Å²) in [6.07, 6.45) is 6.08. The van der Waals surface area contributed by atoms with Gasteiger partial charge in [-0.15, -0.1) is 10.2 Å². The Labute approximate surface area is 100 Å². The first kappa shape index (κ1) is 11.8. The molecule has 0 aliphatic heterocycles. The van der Waals surface area contributed by atoms with Crippen molar-refractivity contribution in [2.24, 2.45) is 0 Å². The van der Waals surface area contributed by atoms with Crippen LogP contribution in [0.25, 0.3) is 0 Å². The lowest BCUT2D eigenvalue weighted by Crippen LogP contribution is -2.30. The smallest absolute Gasteiger partial charge is 0.205 e. The summed E-state index contributed by atoms with van der Waals surface area (Å²) in [5.41, 5.74) is 0. The van der Waals surface area contributed by atoms with Crippen LogP contribution in [0.4, 0.5) is 5.13 Å². The van der Waals surface area contributed by atoms with Gasteiger partial charge in [0.1, 0.15) is 5.01 Å². The normalized spacial score (nSPS) is 25.6. The van der Waals surface area contributed by atoms with Crippen molar-refractivity contribution in [3.8, 4) is 0 Å². The molecule has 0 aromatic carbocycles. The van der Waals surface area contributed by atoms with Gasteiger partial charge in [-0.2, -0.15) is 0 Å². The van der Waals surface area contributed by atoms with E-state index in [0.29, 0.717) is 12.1 Å².